The van der Waals surface area contributed by atoms with Crippen LogP contribution in [-0.2, 0) is 13.1 Å². The van der Waals surface area contributed by atoms with Gasteiger partial charge in [0.2, 0.25) is 0 Å². The highest BCUT2D eigenvalue weighted by molar-refractivity contribution is 5.18. The topological polar surface area (TPSA) is 29.9 Å². The van der Waals surface area contributed by atoms with E-state index in [4.69, 9.17) is 0 Å². The minimum atomic E-state index is 0.602. The highest BCUT2D eigenvalue weighted by atomic mass is 15.3. The Hall–Kier alpha value is -1.61. The van der Waals surface area contributed by atoms with E-state index in [2.05, 4.69) is 60.7 Å². The van der Waals surface area contributed by atoms with Crippen LogP contribution in [0.15, 0.2) is 42.6 Å². The van der Waals surface area contributed by atoms with Gasteiger partial charge in [-0.05, 0) is 37.4 Å². The fraction of sp³-hybridized carbons (Fsp3) is 0.438. The van der Waals surface area contributed by atoms with Crippen molar-refractivity contribution < 1.29 is 0 Å². The van der Waals surface area contributed by atoms with Crippen LogP contribution in [0, 0.1) is 0 Å². The number of benzene rings is 1. The number of hydrogen-bond donors (Lipinski definition) is 1. The Morgan fingerprint density at radius 1 is 1.21 bits per heavy atom. The third-order valence-electron chi connectivity index (χ3n) is 3.53. The summed E-state index contributed by atoms with van der Waals surface area (Å²) >= 11 is 0. The van der Waals surface area contributed by atoms with E-state index < -0.39 is 0 Å². The van der Waals surface area contributed by atoms with Crippen LogP contribution >= 0.6 is 0 Å². The summed E-state index contributed by atoms with van der Waals surface area (Å²) in [5.74, 6) is 0.602. The molecule has 3 heteroatoms. The van der Waals surface area contributed by atoms with Crippen LogP contribution in [0.5, 0.6) is 0 Å². The average molecular weight is 257 g/mol. The van der Waals surface area contributed by atoms with E-state index in [0.29, 0.717) is 5.92 Å². The molecule has 0 fully saturated rings. The molecule has 1 heterocycles. The van der Waals surface area contributed by atoms with E-state index in [1.807, 2.05) is 10.9 Å². The molecule has 3 nitrogen and oxygen atoms in total. The molecule has 0 radical (unpaired) electrons. The van der Waals surface area contributed by atoms with Crippen molar-refractivity contribution in [2.75, 3.05) is 6.54 Å². The molecule has 0 aliphatic heterocycles. The standard InChI is InChI=1S/C16H23N3/c1-3-19-16(10-12-18-19)13-17-11-9-14(2)15-7-5-4-6-8-15/h4-8,10,12,14,17H,3,9,11,13H2,1-2H3. The molecule has 0 aliphatic rings. The minimum absolute atomic E-state index is 0.602. The van der Waals surface area contributed by atoms with E-state index in [-0.39, 0.29) is 0 Å². The Bertz CT molecular complexity index is 476. The first kappa shape index (κ1) is 13.8. The Morgan fingerprint density at radius 2 is 2.00 bits per heavy atom. The molecule has 2 aromatic rings. The van der Waals surface area contributed by atoms with Gasteiger partial charge in [0, 0.05) is 19.3 Å². The molecule has 0 bridgehead atoms. The summed E-state index contributed by atoms with van der Waals surface area (Å²) in [5.41, 5.74) is 2.68. The molecule has 0 spiro atoms. The fourth-order valence-corrected chi connectivity index (χ4v) is 2.28. The van der Waals surface area contributed by atoms with Crippen molar-refractivity contribution >= 4 is 0 Å². The molecule has 0 aliphatic carbocycles. The first-order chi connectivity index (χ1) is 9.31. The predicted octanol–water partition coefficient (Wildman–Crippen LogP) is 3.19. The first-order valence-electron chi connectivity index (χ1n) is 7.07. The molecule has 0 saturated carbocycles. The zero-order valence-corrected chi connectivity index (χ0v) is 11.8. The SMILES string of the molecule is CCn1nccc1CNCCC(C)c1ccccc1. The van der Waals surface area contributed by atoms with Crippen LogP contribution < -0.4 is 5.32 Å². The second-order valence-electron chi connectivity index (χ2n) is 4.92. The lowest BCUT2D eigenvalue weighted by Crippen LogP contribution is -2.19. The lowest BCUT2D eigenvalue weighted by molar-refractivity contribution is 0.554. The van der Waals surface area contributed by atoms with Crippen LogP contribution in [0.3, 0.4) is 0 Å². The van der Waals surface area contributed by atoms with Crippen molar-refractivity contribution in [3.8, 4) is 0 Å². The largest absolute Gasteiger partial charge is 0.311 e. The van der Waals surface area contributed by atoms with E-state index in [1.54, 1.807) is 0 Å². The number of aromatic nitrogens is 2. The maximum absolute atomic E-state index is 4.27. The van der Waals surface area contributed by atoms with Crippen molar-refractivity contribution in [2.24, 2.45) is 0 Å². The quantitative estimate of drug-likeness (QED) is 0.772. The Labute approximate surface area is 115 Å². The number of aryl methyl sites for hydroxylation is 1. The molecule has 0 saturated heterocycles. The minimum Gasteiger partial charge on any atom is -0.311 e. The summed E-state index contributed by atoms with van der Waals surface area (Å²) in [4.78, 5) is 0. The number of hydrogen-bond acceptors (Lipinski definition) is 2. The van der Waals surface area contributed by atoms with Crippen LogP contribution in [0.4, 0.5) is 0 Å². The van der Waals surface area contributed by atoms with Crippen LogP contribution in [0.1, 0.15) is 37.4 Å². The third-order valence-corrected chi connectivity index (χ3v) is 3.53. The Morgan fingerprint density at radius 3 is 2.74 bits per heavy atom. The fourth-order valence-electron chi connectivity index (χ4n) is 2.28. The van der Waals surface area contributed by atoms with Gasteiger partial charge >= 0.3 is 0 Å². The smallest absolute Gasteiger partial charge is 0.0521 e. The van der Waals surface area contributed by atoms with Gasteiger partial charge in [-0.25, -0.2) is 0 Å². The monoisotopic (exact) mass is 257 g/mol. The van der Waals surface area contributed by atoms with Gasteiger partial charge in [-0.2, -0.15) is 5.10 Å². The normalized spacial score (nSPS) is 12.5. The second-order valence-corrected chi connectivity index (χ2v) is 4.92. The molecule has 2 rings (SSSR count). The van der Waals surface area contributed by atoms with E-state index >= 15 is 0 Å². The second kappa shape index (κ2) is 7.10. The molecular weight excluding hydrogens is 234 g/mol. The van der Waals surface area contributed by atoms with Gasteiger partial charge in [-0.1, -0.05) is 37.3 Å². The molecule has 1 N–H and O–H groups in total. The first-order valence-corrected chi connectivity index (χ1v) is 7.07. The van der Waals surface area contributed by atoms with Crippen molar-refractivity contribution in [2.45, 2.75) is 39.3 Å². The maximum Gasteiger partial charge on any atom is 0.0521 e. The van der Waals surface area contributed by atoms with Gasteiger partial charge < -0.3 is 5.32 Å². The molecule has 19 heavy (non-hydrogen) atoms. The summed E-state index contributed by atoms with van der Waals surface area (Å²) in [5, 5.41) is 7.78. The molecule has 1 unspecified atom stereocenters. The number of nitrogens with one attached hydrogen (secondary N) is 1. The van der Waals surface area contributed by atoms with Crippen molar-refractivity contribution in [1.82, 2.24) is 15.1 Å². The highest BCUT2D eigenvalue weighted by Crippen LogP contribution is 2.17. The summed E-state index contributed by atoms with van der Waals surface area (Å²) in [7, 11) is 0. The van der Waals surface area contributed by atoms with Crippen LogP contribution in [0.2, 0.25) is 0 Å². The van der Waals surface area contributed by atoms with Crippen molar-refractivity contribution in [1.29, 1.82) is 0 Å². The maximum atomic E-state index is 4.27. The van der Waals surface area contributed by atoms with Gasteiger partial charge in [0.15, 0.2) is 0 Å². The van der Waals surface area contributed by atoms with Crippen LogP contribution in [-0.4, -0.2) is 16.3 Å². The molecule has 1 aromatic heterocycles. The van der Waals surface area contributed by atoms with Gasteiger partial charge in [-0.3, -0.25) is 4.68 Å². The summed E-state index contributed by atoms with van der Waals surface area (Å²) < 4.78 is 2.04. The predicted molar refractivity (Wildman–Crippen MR) is 79.1 cm³/mol. The van der Waals surface area contributed by atoms with Gasteiger partial charge in [0.25, 0.3) is 0 Å². The zero-order valence-electron chi connectivity index (χ0n) is 11.8. The molecule has 1 aromatic carbocycles. The van der Waals surface area contributed by atoms with E-state index in [9.17, 15) is 0 Å². The lowest BCUT2D eigenvalue weighted by atomic mass is 9.98. The zero-order chi connectivity index (χ0) is 13.5. The Kier molecular flexibility index (Phi) is 5.16. The van der Waals surface area contributed by atoms with E-state index in [1.165, 1.54) is 11.3 Å². The van der Waals surface area contributed by atoms with E-state index in [0.717, 1.165) is 26.1 Å². The number of nitrogens with zero attached hydrogens (tertiary/aromatic N) is 2. The molecule has 1 atom stereocenters. The molecular formula is C16H23N3. The molecule has 102 valence electrons. The summed E-state index contributed by atoms with van der Waals surface area (Å²) in [6.07, 6.45) is 3.03. The Balaban J connectivity index is 1.72. The van der Waals surface area contributed by atoms with Crippen molar-refractivity contribution in [3.63, 3.8) is 0 Å². The lowest BCUT2D eigenvalue weighted by Gasteiger charge is -2.12. The third kappa shape index (κ3) is 3.93. The van der Waals surface area contributed by atoms with Gasteiger partial charge in [0.1, 0.15) is 0 Å². The molecule has 0 amide bonds. The van der Waals surface area contributed by atoms with Crippen molar-refractivity contribution in [3.05, 3.63) is 53.9 Å². The summed E-state index contributed by atoms with van der Waals surface area (Å²) in [6.45, 7) is 7.27. The van der Waals surface area contributed by atoms with Gasteiger partial charge in [-0.15, -0.1) is 0 Å². The highest BCUT2D eigenvalue weighted by Gasteiger charge is 2.05. The average Bonchev–Trinajstić information content (AvgIpc) is 2.91. The summed E-state index contributed by atoms with van der Waals surface area (Å²) in [6, 6.07) is 12.8. The van der Waals surface area contributed by atoms with Crippen LogP contribution in [0.25, 0.3) is 0 Å². The van der Waals surface area contributed by atoms with Gasteiger partial charge in [0.05, 0.1) is 5.69 Å². The number of rotatable bonds is 7.